The van der Waals surface area contributed by atoms with Gasteiger partial charge in [-0.15, -0.1) is 0 Å². The molecule has 2 atom stereocenters. The fourth-order valence-corrected chi connectivity index (χ4v) is 4.69. The van der Waals surface area contributed by atoms with Crippen LogP contribution in [0.25, 0.3) is 0 Å². The van der Waals surface area contributed by atoms with E-state index in [-0.39, 0.29) is 36.6 Å². The average molecular weight is 507 g/mol. The third-order valence-corrected chi connectivity index (χ3v) is 6.74. The summed E-state index contributed by atoms with van der Waals surface area (Å²) in [6.45, 7) is 2.82. The van der Waals surface area contributed by atoms with Crippen molar-refractivity contribution in [2.75, 3.05) is 34.4 Å². The third kappa shape index (κ3) is 5.69. The predicted octanol–water partition coefficient (Wildman–Crippen LogP) is 4.33. The lowest BCUT2D eigenvalue weighted by Gasteiger charge is -2.21. The summed E-state index contributed by atoms with van der Waals surface area (Å²) in [5.41, 5.74) is 3.22. The molecule has 3 aromatic carbocycles. The third-order valence-electron chi connectivity index (χ3n) is 6.74. The highest BCUT2D eigenvalue weighted by Crippen LogP contribution is 2.43. The highest BCUT2D eigenvalue weighted by Gasteiger charge is 2.41. The van der Waals surface area contributed by atoms with E-state index in [9.17, 15) is 14.0 Å². The molecule has 0 aliphatic carbocycles. The monoisotopic (exact) mass is 506 g/mol. The number of amides is 2. The number of ether oxygens (including phenoxy) is 3. The van der Waals surface area contributed by atoms with E-state index in [1.54, 1.807) is 29.2 Å². The molecule has 3 aromatic rings. The van der Waals surface area contributed by atoms with Crippen molar-refractivity contribution < 1.29 is 28.2 Å². The van der Waals surface area contributed by atoms with Gasteiger partial charge in [-0.25, -0.2) is 4.39 Å². The zero-order valence-electron chi connectivity index (χ0n) is 21.4. The number of nitrogens with one attached hydrogen (secondary N) is 1. The molecule has 37 heavy (non-hydrogen) atoms. The van der Waals surface area contributed by atoms with Crippen LogP contribution in [0, 0.1) is 18.7 Å². The Hall–Kier alpha value is -4.07. The van der Waals surface area contributed by atoms with E-state index >= 15 is 0 Å². The summed E-state index contributed by atoms with van der Waals surface area (Å²) < 4.78 is 29.8. The Morgan fingerprint density at radius 2 is 1.54 bits per heavy atom. The van der Waals surface area contributed by atoms with Crippen molar-refractivity contribution in [2.45, 2.75) is 19.4 Å². The summed E-state index contributed by atoms with van der Waals surface area (Å²) in [5.74, 6) is -0.0750. The number of nitrogens with zero attached hydrogens (tertiary/aromatic N) is 1. The number of hydrogen-bond donors (Lipinski definition) is 1. The zero-order chi connectivity index (χ0) is 26.5. The standard InChI is InChI=1S/C29H31FN2O5/c1-18-5-9-20(10-6-18)29(34)32-16-23(21-13-25(35-2)27(37-4)26(14-21)36-3)24(17-32)28(33)31-15-19-7-11-22(30)12-8-19/h5-14,23-24H,15-17H2,1-4H3,(H,31,33)/t23-,24+/m1/s1. The molecule has 0 saturated carbocycles. The van der Waals surface area contributed by atoms with Gasteiger partial charge in [0.05, 0.1) is 27.2 Å². The van der Waals surface area contributed by atoms with Crippen LogP contribution in [0.5, 0.6) is 17.2 Å². The number of rotatable bonds is 8. The van der Waals surface area contributed by atoms with E-state index in [0.29, 0.717) is 29.4 Å². The summed E-state index contributed by atoms with van der Waals surface area (Å²) in [7, 11) is 4.61. The van der Waals surface area contributed by atoms with Crippen LogP contribution in [0.4, 0.5) is 4.39 Å². The number of likely N-dealkylation sites (tertiary alicyclic amines) is 1. The van der Waals surface area contributed by atoms with Crippen LogP contribution < -0.4 is 19.5 Å². The highest BCUT2D eigenvalue weighted by atomic mass is 19.1. The molecule has 1 fully saturated rings. The molecule has 0 unspecified atom stereocenters. The van der Waals surface area contributed by atoms with Gasteiger partial charge in [0.25, 0.3) is 5.91 Å². The zero-order valence-corrected chi connectivity index (χ0v) is 21.4. The molecular weight excluding hydrogens is 475 g/mol. The van der Waals surface area contributed by atoms with E-state index < -0.39 is 5.92 Å². The Balaban J connectivity index is 1.64. The predicted molar refractivity (Wildman–Crippen MR) is 138 cm³/mol. The number of aryl methyl sites for hydroxylation is 1. The van der Waals surface area contributed by atoms with Crippen molar-refractivity contribution in [3.63, 3.8) is 0 Å². The smallest absolute Gasteiger partial charge is 0.253 e. The van der Waals surface area contributed by atoms with Gasteiger partial charge in [-0.3, -0.25) is 9.59 Å². The maximum atomic E-state index is 13.4. The minimum absolute atomic E-state index is 0.133. The van der Waals surface area contributed by atoms with Gasteiger partial charge in [0.15, 0.2) is 11.5 Å². The normalized spacial score (nSPS) is 16.8. The molecule has 0 bridgehead atoms. The number of hydrogen-bond acceptors (Lipinski definition) is 5. The Kier molecular flexibility index (Phi) is 7.96. The van der Waals surface area contributed by atoms with E-state index in [0.717, 1.165) is 16.7 Å². The Bertz CT molecular complexity index is 1240. The van der Waals surface area contributed by atoms with Crippen molar-refractivity contribution >= 4 is 11.8 Å². The SMILES string of the molecule is COc1cc([C@H]2CN(C(=O)c3ccc(C)cc3)C[C@@H]2C(=O)NCc2ccc(F)cc2)cc(OC)c1OC. The van der Waals surface area contributed by atoms with Crippen molar-refractivity contribution in [2.24, 2.45) is 5.92 Å². The van der Waals surface area contributed by atoms with Gasteiger partial charge in [0.1, 0.15) is 5.82 Å². The van der Waals surface area contributed by atoms with E-state index in [1.807, 2.05) is 31.2 Å². The van der Waals surface area contributed by atoms with Crippen molar-refractivity contribution in [3.8, 4) is 17.2 Å². The molecule has 1 aliphatic heterocycles. The second-order valence-electron chi connectivity index (χ2n) is 9.09. The molecular formula is C29H31FN2O5. The molecule has 8 heteroatoms. The fourth-order valence-electron chi connectivity index (χ4n) is 4.69. The van der Waals surface area contributed by atoms with Gasteiger partial charge < -0.3 is 24.4 Å². The number of benzene rings is 3. The van der Waals surface area contributed by atoms with Gasteiger partial charge in [0, 0.05) is 31.1 Å². The Labute approximate surface area is 216 Å². The fraction of sp³-hybridized carbons (Fsp3) is 0.310. The summed E-state index contributed by atoms with van der Waals surface area (Å²) in [6.07, 6.45) is 0. The van der Waals surface area contributed by atoms with Crippen LogP contribution in [-0.2, 0) is 11.3 Å². The minimum Gasteiger partial charge on any atom is -0.493 e. The summed E-state index contributed by atoms with van der Waals surface area (Å²) >= 11 is 0. The lowest BCUT2D eigenvalue weighted by atomic mass is 9.87. The quantitative estimate of drug-likeness (QED) is 0.492. The highest BCUT2D eigenvalue weighted by molar-refractivity contribution is 5.95. The van der Waals surface area contributed by atoms with Crippen molar-refractivity contribution in [1.29, 1.82) is 0 Å². The minimum atomic E-state index is -0.516. The van der Waals surface area contributed by atoms with Gasteiger partial charge in [-0.2, -0.15) is 0 Å². The summed E-state index contributed by atoms with van der Waals surface area (Å²) in [4.78, 5) is 28.5. The lowest BCUT2D eigenvalue weighted by molar-refractivity contribution is -0.125. The second-order valence-corrected chi connectivity index (χ2v) is 9.09. The number of carbonyl (C=O) groups excluding carboxylic acids is 2. The Morgan fingerprint density at radius 3 is 2.11 bits per heavy atom. The first-order valence-electron chi connectivity index (χ1n) is 12.0. The lowest BCUT2D eigenvalue weighted by Crippen LogP contribution is -2.35. The molecule has 4 rings (SSSR count). The van der Waals surface area contributed by atoms with Gasteiger partial charge in [-0.05, 0) is 54.4 Å². The average Bonchev–Trinajstić information content (AvgIpc) is 3.37. The number of halogens is 1. The molecule has 1 aliphatic rings. The summed E-state index contributed by atoms with van der Waals surface area (Å²) in [6, 6.07) is 17.0. The van der Waals surface area contributed by atoms with E-state index in [2.05, 4.69) is 5.32 Å². The molecule has 0 spiro atoms. The maximum absolute atomic E-state index is 13.4. The van der Waals surface area contributed by atoms with Crippen LogP contribution in [0.1, 0.15) is 33.0 Å². The van der Waals surface area contributed by atoms with Crippen LogP contribution in [0.3, 0.4) is 0 Å². The first-order valence-corrected chi connectivity index (χ1v) is 12.0. The van der Waals surface area contributed by atoms with Crippen LogP contribution in [-0.4, -0.2) is 51.1 Å². The first-order chi connectivity index (χ1) is 17.8. The molecule has 0 aromatic heterocycles. The first kappa shape index (κ1) is 26.0. The van der Waals surface area contributed by atoms with Gasteiger partial charge in [0.2, 0.25) is 11.7 Å². The topological polar surface area (TPSA) is 77.1 Å². The number of carbonyl (C=O) groups is 2. The second kappa shape index (κ2) is 11.3. The molecule has 7 nitrogen and oxygen atoms in total. The van der Waals surface area contributed by atoms with Crippen molar-refractivity contribution in [3.05, 3.63) is 88.7 Å². The molecule has 2 amide bonds. The largest absolute Gasteiger partial charge is 0.493 e. The van der Waals surface area contributed by atoms with Gasteiger partial charge >= 0.3 is 0 Å². The molecule has 1 N–H and O–H groups in total. The van der Waals surface area contributed by atoms with Gasteiger partial charge in [-0.1, -0.05) is 29.8 Å². The van der Waals surface area contributed by atoms with Crippen molar-refractivity contribution in [1.82, 2.24) is 10.2 Å². The van der Waals surface area contributed by atoms with Crippen LogP contribution in [0.15, 0.2) is 60.7 Å². The molecule has 1 saturated heterocycles. The van der Waals surface area contributed by atoms with Crippen LogP contribution >= 0.6 is 0 Å². The van der Waals surface area contributed by atoms with Crippen LogP contribution in [0.2, 0.25) is 0 Å². The maximum Gasteiger partial charge on any atom is 0.253 e. The van der Waals surface area contributed by atoms with E-state index in [1.165, 1.54) is 33.5 Å². The molecule has 194 valence electrons. The number of methoxy groups -OCH3 is 3. The van der Waals surface area contributed by atoms with E-state index in [4.69, 9.17) is 14.2 Å². The molecule has 0 radical (unpaired) electrons. The summed E-state index contributed by atoms with van der Waals surface area (Å²) in [5, 5.41) is 2.96. The molecule has 1 heterocycles. The Morgan fingerprint density at radius 1 is 0.919 bits per heavy atom.